The van der Waals surface area contributed by atoms with Crippen LogP contribution in [0.15, 0.2) is 18.6 Å². The lowest BCUT2D eigenvalue weighted by atomic mass is 10.2. The molecule has 0 radical (unpaired) electrons. The second-order valence-corrected chi connectivity index (χ2v) is 4.64. The van der Waals surface area contributed by atoms with E-state index in [9.17, 15) is 0 Å². The maximum absolute atomic E-state index is 5.08. The summed E-state index contributed by atoms with van der Waals surface area (Å²) in [5, 5.41) is 0. The van der Waals surface area contributed by atoms with Crippen molar-refractivity contribution < 1.29 is 4.74 Å². The van der Waals surface area contributed by atoms with Gasteiger partial charge in [0.1, 0.15) is 11.5 Å². The Kier molecular flexibility index (Phi) is 5.15. The van der Waals surface area contributed by atoms with Gasteiger partial charge >= 0.3 is 0 Å². The molecule has 0 fully saturated rings. The highest BCUT2D eigenvalue weighted by Crippen LogP contribution is 2.16. The molecular formula is C14H22N4O. The van der Waals surface area contributed by atoms with E-state index >= 15 is 0 Å². The van der Waals surface area contributed by atoms with E-state index in [4.69, 9.17) is 4.74 Å². The first kappa shape index (κ1) is 13.8. The number of aromatic nitrogens is 4. The second kappa shape index (κ2) is 7.09. The fourth-order valence-electron chi connectivity index (χ4n) is 2.06. The first-order valence-electron chi connectivity index (χ1n) is 6.89. The Balaban J connectivity index is 2.04. The van der Waals surface area contributed by atoms with Gasteiger partial charge < -0.3 is 14.3 Å². The van der Waals surface area contributed by atoms with Gasteiger partial charge in [-0.05, 0) is 12.8 Å². The molecular weight excluding hydrogens is 240 g/mol. The summed E-state index contributed by atoms with van der Waals surface area (Å²) in [4.78, 5) is 12.2. The van der Waals surface area contributed by atoms with Gasteiger partial charge in [-0.15, -0.1) is 0 Å². The molecule has 2 heterocycles. The quantitative estimate of drug-likeness (QED) is 0.744. The molecule has 0 unspecified atom stereocenters. The van der Waals surface area contributed by atoms with Gasteiger partial charge in [-0.3, -0.25) is 0 Å². The molecule has 0 atom stereocenters. The maximum Gasteiger partial charge on any atom is 0.158 e. The van der Waals surface area contributed by atoms with Crippen LogP contribution in [0.4, 0.5) is 0 Å². The van der Waals surface area contributed by atoms with Crippen LogP contribution in [0.3, 0.4) is 0 Å². The van der Waals surface area contributed by atoms with Crippen LogP contribution < -0.4 is 0 Å². The van der Waals surface area contributed by atoms with Gasteiger partial charge in [-0.2, -0.15) is 0 Å². The summed E-state index contributed by atoms with van der Waals surface area (Å²) in [5.41, 5.74) is 0.994. The smallest absolute Gasteiger partial charge is 0.158 e. The van der Waals surface area contributed by atoms with E-state index in [1.54, 1.807) is 7.11 Å². The van der Waals surface area contributed by atoms with Gasteiger partial charge in [-0.1, -0.05) is 13.3 Å². The van der Waals surface area contributed by atoms with Crippen LogP contribution >= 0.6 is 0 Å². The summed E-state index contributed by atoms with van der Waals surface area (Å²) in [6, 6.07) is 0. The Morgan fingerprint density at radius 1 is 1.32 bits per heavy atom. The van der Waals surface area contributed by atoms with Crippen LogP contribution in [-0.4, -0.2) is 33.2 Å². The largest absolute Gasteiger partial charge is 0.385 e. The van der Waals surface area contributed by atoms with Gasteiger partial charge in [0, 0.05) is 39.1 Å². The van der Waals surface area contributed by atoms with E-state index in [1.165, 1.54) is 6.42 Å². The van der Waals surface area contributed by atoms with E-state index in [1.807, 2.05) is 18.6 Å². The van der Waals surface area contributed by atoms with E-state index in [2.05, 4.69) is 26.4 Å². The average molecular weight is 262 g/mol. The van der Waals surface area contributed by atoms with Crippen LogP contribution in [0.1, 0.15) is 32.0 Å². The molecule has 0 aliphatic rings. The molecule has 0 spiro atoms. The van der Waals surface area contributed by atoms with Gasteiger partial charge in [0.05, 0.1) is 6.20 Å². The highest BCUT2D eigenvalue weighted by Gasteiger charge is 2.09. The van der Waals surface area contributed by atoms with Crippen LogP contribution in [0.5, 0.6) is 0 Å². The molecule has 2 aromatic heterocycles. The topological polar surface area (TPSA) is 55.7 Å². The number of imidazole rings is 2. The van der Waals surface area contributed by atoms with Crippen molar-refractivity contribution in [2.75, 3.05) is 13.7 Å². The molecule has 19 heavy (non-hydrogen) atoms. The lowest BCUT2D eigenvalue weighted by molar-refractivity contribution is 0.190. The van der Waals surface area contributed by atoms with Crippen molar-refractivity contribution in [3.8, 4) is 11.5 Å². The molecule has 0 aromatic carbocycles. The molecule has 0 saturated heterocycles. The third kappa shape index (κ3) is 3.67. The monoisotopic (exact) mass is 262 g/mol. The van der Waals surface area contributed by atoms with Gasteiger partial charge in [0.2, 0.25) is 0 Å². The minimum absolute atomic E-state index is 0.766. The predicted molar refractivity (Wildman–Crippen MR) is 74.9 cm³/mol. The number of ether oxygens (including phenoxy) is 1. The molecule has 0 bridgehead atoms. The summed E-state index contributed by atoms with van der Waals surface area (Å²) in [7, 11) is 1.73. The third-order valence-corrected chi connectivity index (χ3v) is 3.10. The normalized spacial score (nSPS) is 11.1. The molecule has 5 heteroatoms. The summed E-state index contributed by atoms with van der Waals surface area (Å²) in [5.74, 6) is 2.00. The number of methoxy groups -OCH3 is 1. The number of nitrogens with zero attached hydrogens (tertiary/aromatic N) is 3. The number of H-pyrrole nitrogens is 1. The van der Waals surface area contributed by atoms with Gasteiger partial charge in [0.15, 0.2) is 5.82 Å². The van der Waals surface area contributed by atoms with E-state index in [0.29, 0.717) is 0 Å². The van der Waals surface area contributed by atoms with Crippen molar-refractivity contribution in [1.29, 1.82) is 0 Å². The minimum Gasteiger partial charge on any atom is -0.385 e. The van der Waals surface area contributed by atoms with Crippen molar-refractivity contribution in [3.05, 3.63) is 24.4 Å². The number of aryl methyl sites for hydroxylation is 2. The first-order chi connectivity index (χ1) is 9.35. The number of aromatic amines is 1. The number of nitrogens with one attached hydrogen (secondary N) is 1. The SMILES string of the molecule is CCCCc1ncc(-c2nccn2CCCOC)[nH]1. The van der Waals surface area contributed by atoms with E-state index < -0.39 is 0 Å². The molecule has 1 N–H and O–H groups in total. The summed E-state index contributed by atoms with van der Waals surface area (Å²) < 4.78 is 7.22. The lowest BCUT2D eigenvalue weighted by Gasteiger charge is -2.05. The molecule has 0 saturated carbocycles. The molecule has 104 valence electrons. The Morgan fingerprint density at radius 3 is 3.00 bits per heavy atom. The zero-order valence-corrected chi connectivity index (χ0v) is 11.7. The number of hydrogen-bond acceptors (Lipinski definition) is 3. The Morgan fingerprint density at radius 2 is 2.21 bits per heavy atom. The van der Waals surface area contributed by atoms with E-state index in [0.717, 1.165) is 49.8 Å². The van der Waals surface area contributed by atoms with Crippen molar-refractivity contribution in [1.82, 2.24) is 19.5 Å². The fourth-order valence-corrected chi connectivity index (χ4v) is 2.06. The maximum atomic E-state index is 5.08. The van der Waals surface area contributed by atoms with Gasteiger partial charge in [0.25, 0.3) is 0 Å². The van der Waals surface area contributed by atoms with Crippen LogP contribution in [0.2, 0.25) is 0 Å². The lowest BCUT2D eigenvalue weighted by Crippen LogP contribution is -2.02. The summed E-state index contributed by atoms with van der Waals surface area (Å²) >= 11 is 0. The molecule has 2 aromatic rings. The number of unbranched alkanes of at least 4 members (excludes halogenated alkanes) is 1. The van der Waals surface area contributed by atoms with Crippen molar-refractivity contribution in [2.45, 2.75) is 39.2 Å². The molecule has 5 nitrogen and oxygen atoms in total. The first-order valence-corrected chi connectivity index (χ1v) is 6.89. The summed E-state index contributed by atoms with van der Waals surface area (Å²) in [6.45, 7) is 3.86. The number of hydrogen-bond donors (Lipinski definition) is 1. The second-order valence-electron chi connectivity index (χ2n) is 4.64. The third-order valence-electron chi connectivity index (χ3n) is 3.10. The standard InChI is InChI=1S/C14H22N4O/c1-3-4-6-13-16-11-12(17-13)14-15-7-9-18(14)8-5-10-19-2/h7,9,11H,3-6,8,10H2,1-2H3,(H,16,17). The van der Waals surface area contributed by atoms with Crippen molar-refractivity contribution >= 4 is 0 Å². The minimum atomic E-state index is 0.766. The average Bonchev–Trinajstić information content (AvgIpc) is 3.04. The van der Waals surface area contributed by atoms with Crippen molar-refractivity contribution in [2.24, 2.45) is 0 Å². The van der Waals surface area contributed by atoms with Crippen LogP contribution in [0, 0.1) is 0 Å². The highest BCUT2D eigenvalue weighted by molar-refractivity contribution is 5.48. The highest BCUT2D eigenvalue weighted by atomic mass is 16.5. The Labute approximate surface area is 114 Å². The molecule has 0 aliphatic carbocycles. The van der Waals surface area contributed by atoms with Gasteiger partial charge in [-0.25, -0.2) is 9.97 Å². The van der Waals surface area contributed by atoms with Crippen molar-refractivity contribution in [3.63, 3.8) is 0 Å². The number of rotatable bonds is 8. The Bertz CT molecular complexity index is 489. The van der Waals surface area contributed by atoms with E-state index in [-0.39, 0.29) is 0 Å². The molecule has 0 amide bonds. The predicted octanol–water partition coefficient (Wildman–Crippen LogP) is 2.65. The fraction of sp³-hybridized carbons (Fsp3) is 0.571. The van der Waals surface area contributed by atoms with Crippen LogP contribution in [0.25, 0.3) is 11.5 Å². The summed E-state index contributed by atoms with van der Waals surface area (Å²) in [6.07, 6.45) is 10.0. The zero-order valence-electron chi connectivity index (χ0n) is 11.7. The molecule has 0 aliphatic heterocycles. The van der Waals surface area contributed by atoms with Crippen LogP contribution in [-0.2, 0) is 17.7 Å². The zero-order chi connectivity index (χ0) is 13.5. The Hall–Kier alpha value is -1.62. The molecule has 2 rings (SSSR count).